The van der Waals surface area contributed by atoms with Gasteiger partial charge < -0.3 is 0 Å². The van der Waals surface area contributed by atoms with Gasteiger partial charge in [-0.25, -0.2) is 9.97 Å². The Hall–Kier alpha value is -2.35. The summed E-state index contributed by atoms with van der Waals surface area (Å²) in [6.45, 7) is 1.70. The summed E-state index contributed by atoms with van der Waals surface area (Å²) in [6.07, 6.45) is -0.534. The Morgan fingerprint density at radius 1 is 1.32 bits per heavy atom. The zero-order valence-electron chi connectivity index (χ0n) is 11.2. The van der Waals surface area contributed by atoms with Gasteiger partial charge in [-0.05, 0) is 19.1 Å². The van der Waals surface area contributed by atoms with E-state index in [0.29, 0.717) is 17.2 Å². The van der Waals surface area contributed by atoms with Crippen molar-refractivity contribution in [2.24, 2.45) is 0 Å². The van der Waals surface area contributed by atoms with E-state index in [2.05, 4.69) is 20.2 Å². The van der Waals surface area contributed by atoms with E-state index in [1.165, 1.54) is 4.57 Å². The highest BCUT2D eigenvalue weighted by Crippen LogP contribution is 2.32. The molecule has 3 aromatic rings. The monoisotopic (exact) mass is 327 g/mol. The molecular formula is C13H9ClF3N5. The predicted octanol–water partition coefficient (Wildman–Crippen LogP) is 3.64. The summed E-state index contributed by atoms with van der Waals surface area (Å²) in [5, 5.41) is 6.48. The zero-order valence-corrected chi connectivity index (χ0v) is 11.9. The molecule has 0 spiro atoms. The van der Waals surface area contributed by atoms with Gasteiger partial charge in [0.1, 0.15) is 11.5 Å². The Balaban J connectivity index is 2.05. The second-order valence-electron chi connectivity index (χ2n) is 4.54. The fourth-order valence-electron chi connectivity index (χ4n) is 1.98. The van der Waals surface area contributed by atoms with Gasteiger partial charge >= 0.3 is 6.18 Å². The van der Waals surface area contributed by atoms with Crippen molar-refractivity contribution < 1.29 is 13.2 Å². The minimum atomic E-state index is -4.49. The van der Waals surface area contributed by atoms with Gasteiger partial charge in [-0.1, -0.05) is 11.6 Å². The highest BCUT2D eigenvalue weighted by atomic mass is 35.5. The molecule has 0 radical (unpaired) electrons. The Morgan fingerprint density at radius 2 is 2.09 bits per heavy atom. The van der Waals surface area contributed by atoms with Crippen LogP contribution in [-0.2, 0) is 6.18 Å². The van der Waals surface area contributed by atoms with Gasteiger partial charge in [0.05, 0.1) is 16.3 Å². The van der Waals surface area contributed by atoms with Crippen LogP contribution >= 0.6 is 11.6 Å². The fourth-order valence-corrected chi connectivity index (χ4v) is 2.24. The third kappa shape index (κ3) is 2.57. The van der Waals surface area contributed by atoms with Crippen molar-refractivity contribution in [3.05, 3.63) is 47.1 Å². The minimum Gasteiger partial charge on any atom is -0.286 e. The van der Waals surface area contributed by atoms with E-state index >= 15 is 0 Å². The van der Waals surface area contributed by atoms with Crippen LogP contribution in [0.3, 0.4) is 0 Å². The normalized spacial score (nSPS) is 11.9. The van der Waals surface area contributed by atoms with Gasteiger partial charge in [-0.3, -0.25) is 9.67 Å². The number of aromatic nitrogens is 5. The standard InChI is InChI=1S/C13H9ClF3N5/c1-7-20-11(10-2-3-19-21-10)6-22(7)12-9(14)4-8(5-18-12)13(15,16)17/h2-6H,1H3,(H,19,21). The molecule has 9 heteroatoms. The number of aryl methyl sites for hydroxylation is 1. The molecule has 0 fully saturated rings. The van der Waals surface area contributed by atoms with Gasteiger partial charge in [-0.2, -0.15) is 18.3 Å². The third-order valence-corrected chi connectivity index (χ3v) is 3.31. The lowest BCUT2D eigenvalue weighted by atomic mass is 10.2. The smallest absolute Gasteiger partial charge is 0.286 e. The van der Waals surface area contributed by atoms with Crippen LogP contribution in [0.25, 0.3) is 17.2 Å². The minimum absolute atomic E-state index is 0.105. The molecule has 0 atom stereocenters. The number of hydrogen-bond donors (Lipinski definition) is 1. The van der Waals surface area contributed by atoms with Crippen LogP contribution in [0.1, 0.15) is 11.4 Å². The lowest BCUT2D eigenvalue weighted by molar-refractivity contribution is -0.137. The van der Waals surface area contributed by atoms with E-state index in [9.17, 15) is 13.2 Å². The fraction of sp³-hybridized carbons (Fsp3) is 0.154. The van der Waals surface area contributed by atoms with Crippen LogP contribution < -0.4 is 0 Å². The molecule has 0 aliphatic heterocycles. The molecule has 5 nitrogen and oxygen atoms in total. The number of pyridine rings is 1. The van der Waals surface area contributed by atoms with Crippen LogP contribution in [0.4, 0.5) is 13.2 Å². The van der Waals surface area contributed by atoms with E-state index in [-0.39, 0.29) is 10.8 Å². The SMILES string of the molecule is Cc1nc(-c2ccn[nH]2)cn1-c1ncc(C(F)(F)F)cc1Cl. The van der Waals surface area contributed by atoms with Crippen LogP contribution in [0.5, 0.6) is 0 Å². The van der Waals surface area contributed by atoms with Gasteiger partial charge in [-0.15, -0.1) is 0 Å². The molecule has 3 aromatic heterocycles. The highest BCUT2D eigenvalue weighted by Gasteiger charge is 2.31. The largest absolute Gasteiger partial charge is 0.417 e. The molecule has 3 heterocycles. The number of H-pyrrole nitrogens is 1. The number of nitrogens with zero attached hydrogens (tertiary/aromatic N) is 4. The average Bonchev–Trinajstić information content (AvgIpc) is 3.07. The molecule has 114 valence electrons. The Kier molecular flexibility index (Phi) is 3.40. The average molecular weight is 328 g/mol. The molecular weight excluding hydrogens is 319 g/mol. The molecule has 0 saturated heterocycles. The summed E-state index contributed by atoms with van der Waals surface area (Å²) in [6, 6.07) is 2.58. The molecule has 0 aromatic carbocycles. The topological polar surface area (TPSA) is 59.4 Å². The number of hydrogen-bond acceptors (Lipinski definition) is 3. The van der Waals surface area contributed by atoms with Crippen molar-refractivity contribution in [2.45, 2.75) is 13.1 Å². The van der Waals surface area contributed by atoms with Crippen molar-refractivity contribution >= 4 is 11.6 Å². The third-order valence-electron chi connectivity index (χ3n) is 3.04. The first-order valence-electron chi connectivity index (χ1n) is 6.15. The first-order valence-corrected chi connectivity index (χ1v) is 6.53. The van der Waals surface area contributed by atoms with E-state index < -0.39 is 11.7 Å². The quantitative estimate of drug-likeness (QED) is 0.781. The number of halogens is 4. The van der Waals surface area contributed by atoms with E-state index in [1.807, 2.05) is 0 Å². The highest BCUT2D eigenvalue weighted by molar-refractivity contribution is 6.32. The van der Waals surface area contributed by atoms with Gasteiger partial charge in [0.2, 0.25) is 0 Å². The summed E-state index contributed by atoms with van der Waals surface area (Å²) in [4.78, 5) is 8.13. The van der Waals surface area contributed by atoms with Crippen molar-refractivity contribution in [3.63, 3.8) is 0 Å². The summed E-state index contributed by atoms with van der Waals surface area (Å²) in [7, 11) is 0. The maximum absolute atomic E-state index is 12.6. The lowest BCUT2D eigenvalue weighted by Crippen LogP contribution is -2.08. The first kappa shape index (κ1) is 14.6. The maximum atomic E-state index is 12.6. The molecule has 1 N–H and O–H groups in total. The Labute approximate surface area is 127 Å². The molecule has 0 amide bonds. The van der Waals surface area contributed by atoms with E-state index in [1.54, 1.807) is 25.4 Å². The van der Waals surface area contributed by atoms with E-state index in [0.717, 1.165) is 12.3 Å². The van der Waals surface area contributed by atoms with Gasteiger partial charge in [0, 0.05) is 18.6 Å². The molecule has 3 rings (SSSR count). The van der Waals surface area contributed by atoms with Crippen LogP contribution in [0.2, 0.25) is 5.02 Å². The molecule has 0 aliphatic carbocycles. The molecule has 0 bridgehead atoms. The van der Waals surface area contributed by atoms with Crippen molar-refractivity contribution in [3.8, 4) is 17.2 Å². The molecule has 0 unspecified atom stereocenters. The summed E-state index contributed by atoms with van der Waals surface area (Å²) >= 11 is 5.94. The number of rotatable bonds is 2. The summed E-state index contributed by atoms with van der Waals surface area (Å²) in [5.41, 5.74) is 0.380. The first-order chi connectivity index (χ1) is 10.4. The van der Waals surface area contributed by atoms with Gasteiger partial charge in [0.25, 0.3) is 0 Å². The zero-order chi connectivity index (χ0) is 15.9. The second-order valence-corrected chi connectivity index (χ2v) is 4.95. The summed E-state index contributed by atoms with van der Waals surface area (Å²) in [5.74, 6) is 0.726. The van der Waals surface area contributed by atoms with Crippen LogP contribution in [0.15, 0.2) is 30.7 Å². The lowest BCUT2D eigenvalue weighted by Gasteiger charge is -2.10. The second kappa shape index (κ2) is 5.13. The predicted molar refractivity (Wildman–Crippen MR) is 73.7 cm³/mol. The molecule has 22 heavy (non-hydrogen) atoms. The number of imidazole rings is 1. The van der Waals surface area contributed by atoms with Crippen molar-refractivity contribution in [1.29, 1.82) is 0 Å². The molecule has 0 aliphatic rings. The maximum Gasteiger partial charge on any atom is 0.417 e. The van der Waals surface area contributed by atoms with Crippen LogP contribution in [-0.4, -0.2) is 24.7 Å². The molecule has 0 saturated carbocycles. The number of aromatic amines is 1. The number of nitrogens with one attached hydrogen (secondary N) is 1. The van der Waals surface area contributed by atoms with Crippen molar-refractivity contribution in [2.75, 3.05) is 0 Å². The summed E-state index contributed by atoms with van der Waals surface area (Å²) < 4.78 is 39.5. The Morgan fingerprint density at radius 3 is 2.68 bits per heavy atom. The van der Waals surface area contributed by atoms with Crippen molar-refractivity contribution in [1.82, 2.24) is 24.7 Å². The Bertz CT molecular complexity index is 808. The number of alkyl halides is 3. The van der Waals surface area contributed by atoms with Gasteiger partial charge in [0.15, 0.2) is 5.82 Å². The van der Waals surface area contributed by atoms with E-state index in [4.69, 9.17) is 11.6 Å². The van der Waals surface area contributed by atoms with Crippen LogP contribution in [0, 0.1) is 6.92 Å².